The van der Waals surface area contributed by atoms with Crippen LogP contribution in [0.3, 0.4) is 0 Å². The molecule has 0 radical (unpaired) electrons. The van der Waals surface area contributed by atoms with E-state index in [1.165, 1.54) is 36.4 Å². The van der Waals surface area contributed by atoms with Crippen molar-refractivity contribution in [3.05, 3.63) is 24.3 Å². The predicted molar refractivity (Wildman–Crippen MR) is 111 cm³/mol. The molecule has 0 bridgehead atoms. The minimum Gasteiger partial charge on any atom is -0.379 e. The highest BCUT2D eigenvalue weighted by atomic mass is 32.2. The third kappa shape index (κ3) is 5.88. The van der Waals surface area contributed by atoms with E-state index in [-0.39, 0.29) is 0 Å². The van der Waals surface area contributed by atoms with Crippen LogP contribution in [0.25, 0.3) is 0 Å². The van der Waals surface area contributed by atoms with Gasteiger partial charge in [0.2, 0.25) is 10.0 Å². The topological polar surface area (TPSA) is 70.7 Å². The maximum absolute atomic E-state index is 12.7. The fourth-order valence-electron chi connectivity index (χ4n) is 3.60. The van der Waals surface area contributed by atoms with E-state index < -0.39 is 10.0 Å². The van der Waals surface area contributed by atoms with Crippen LogP contribution in [-0.2, 0) is 14.8 Å². The summed E-state index contributed by atoms with van der Waals surface area (Å²) in [5, 5.41) is 7.19. The van der Waals surface area contributed by atoms with Gasteiger partial charge in [-0.2, -0.15) is 4.31 Å². The fraction of sp³-hybridized carbons (Fsp3) is 0.632. The Bertz CT molecular complexity index is 708. The van der Waals surface area contributed by atoms with Gasteiger partial charge < -0.3 is 15.4 Å². The van der Waals surface area contributed by atoms with Crippen LogP contribution in [0.2, 0.25) is 0 Å². The van der Waals surface area contributed by atoms with E-state index in [0.717, 1.165) is 18.5 Å². The summed E-state index contributed by atoms with van der Waals surface area (Å²) < 4.78 is 32.0. The summed E-state index contributed by atoms with van der Waals surface area (Å²) in [6.45, 7) is 1.69. The van der Waals surface area contributed by atoms with Gasteiger partial charge in [-0.1, -0.05) is 32.1 Å². The molecule has 27 heavy (non-hydrogen) atoms. The van der Waals surface area contributed by atoms with Crippen molar-refractivity contribution in [3.63, 3.8) is 0 Å². The Balaban J connectivity index is 1.55. The van der Waals surface area contributed by atoms with Crippen molar-refractivity contribution < 1.29 is 13.2 Å². The zero-order chi connectivity index (χ0) is 19.1. The van der Waals surface area contributed by atoms with Crippen LogP contribution in [0.1, 0.15) is 44.9 Å². The molecule has 6 nitrogen and oxygen atoms in total. The molecule has 3 rings (SSSR count). The number of nitrogens with zero attached hydrogens (tertiary/aromatic N) is 1. The number of nitrogens with one attached hydrogen (secondary N) is 2. The lowest BCUT2D eigenvalue weighted by molar-refractivity contribution is 0.0730. The second-order valence-electron chi connectivity index (χ2n) is 7.18. The maximum atomic E-state index is 12.7. The lowest BCUT2D eigenvalue weighted by Crippen LogP contribution is -2.40. The molecular formula is C19H29N3O3S2. The zero-order valence-corrected chi connectivity index (χ0v) is 17.3. The molecule has 1 aliphatic heterocycles. The van der Waals surface area contributed by atoms with Crippen LogP contribution in [0, 0.1) is 0 Å². The first-order valence-electron chi connectivity index (χ1n) is 9.81. The Hall–Kier alpha value is -1.22. The summed E-state index contributed by atoms with van der Waals surface area (Å²) in [7, 11) is -3.46. The van der Waals surface area contributed by atoms with Crippen LogP contribution in [0.4, 0.5) is 5.69 Å². The van der Waals surface area contributed by atoms with Gasteiger partial charge in [-0.3, -0.25) is 0 Å². The third-order valence-electron chi connectivity index (χ3n) is 5.16. The van der Waals surface area contributed by atoms with E-state index in [9.17, 15) is 8.42 Å². The molecule has 1 saturated heterocycles. The third-order valence-corrected chi connectivity index (χ3v) is 7.29. The summed E-state index contributed by atoms with van der Waals surface area (Å²) in [5.41, 5.74) is 0.791. The molecule has 1 aromatic carbocycles. The van der Waals surface area contributed by atoms with Crippen molar-refractivity contribution in [3.8, 4) is 0 Å². The summed E-state index contributed by atoms with van der Waals surface area (Å²) >= 11 is 5.44. The highest BCUT2D eigenvalue weighted by Crippen LogP contribution is 2.20. The molecule has 1 aromatic rings. The Morgan fingerprint density at radius 2 is 1.59 bits per heavy atom. The fourth-order valence-corrected chi connectivity index (χ4v) is 5.29. The summed E-state index contributed by atoms with van der Waals surface area (Å²) in [6.07, 6.45) is 8.74. The average molecular weight is 412 g/mol. The van der Waals surface area contributed by atoms with E-state index in [1.54, 1.807) is 24.3 Å². The van der Waals surface area contributed by atoms with Gasteiger partial charge in [0.25, 0.3) is 0 Å². The van der Waals surface area contributed by atoms with Gasteiger partial charge in [0.1, 0.15) is 0 Å². The number of hydrogen-bond acceptors (Lipinski definition) is 4. The monoisotopic (exact) mass is 411 g/mol. The first-order chi connectivity index (χ1) is 13.1. The van der Waals surface area contributed by atoms with E-state index >= 15 is 0 Å². The molecule has 0 unspecified atom stereocenters. The molecule has 2 aliphatic rings. The minimum atomic E-state index is -3.46. The average Bonchev–Trinajstić information content (AvgIpc) is 2.65. The molecule has 1 saturated carbocycles. The quantitative estimate of drug-likeness (QED) is 0.742. The Morgan fingerprint density at radius 1 is 1.00 bits per heavy atom. The Morgan fingerprint density at radius 3 is 2.22 bits per heavy atom. The standard InChI is InChI=1S/C19H29N3O3S2/c23-27(24,22-12-14-25-15-13-22)18-10-8-17(9-11-18)21-19(26)20-16-6-4-2-1-3-5-7-16/h8-11,16H,1-7,12-15H2,(H2,20,21,26). The van der Waals surface area contributed by atoms with Crippen molar-refractivity contribution in [2.24, 2.45) is 0 Å². The molecule has 0 amide bonds. The van der Waals surface area contributed by atoms with Crippen LogP contribution >= 0.6 is 12.2 Å². The predicted octanol–water partition coefficient (Wildman–Crippen LogP) is 3.11. The van der Waals surface area contributed by atoms with Gasteiger partial charge >= 0.3 is 0 Å². The lowest BCUT2D eigenvalue weighted by atomic mass is 9.97. The number of ether oxygens (including phenoxy) is 1. The van der Waals surface area contributed by atoms with Crippen molar-refractivity contribution in [1.29, 1.82) is 0 Å². The molecule has 2 fully saturated rings. The molecule has 0 aromatic heterocycles. The van der Waals surface area contributed by atoms with Gasteiger partial charge in [-0.25, -0.2) is 8.42 Å². The molecule has 150 valence electrons. The van der Waals surface area contributed by atoms with Gasteiger partial charge in [-0.05, 0) is 49.3 Å². The molecule has 0 spiro atoms. The number of rotatable bonds is 4. The SMILES string of the molecule is O=S(=O)(c1ccc(NC(=S)NC2CCCCCCC2)cc1)N1CCOCC1. The number of sulfonamides is 1. The van der Waals surface area contributed by atoms with E-state index in [1.807, 2.05) is 0 Å². The first kappa shape index (κ1) is 20.5. The molecule has 0 atom stereocenters. The highest BCUT2D eigenvalue weighted by molar-refractivity contribution is 7.89. The van der Waals surface area contributed by atoms with Crippen LogP contribution in [0.15, 0.2) is 29.2 Å². The van der Waals surface area contributed by atoms with Crippen LogP contribution in [-0.4, -0.2) is 50.2 Å². The van der Waals surface area contributed by atoms with Gasteiger partial charge in [0.15, 0.2) is 5.11 Å². The van der Waals surface area contributed by atoms with E-state index in [0.29, 0.717) is 42.4 Å². The second kappa shape index (κ2) is 9.82. The van der Waals surface area contributed by atoms with E-state index in [4.69, 9.17) is 17.0 Å². The Kier molecular flexibility index (Phi) is 7.46. The van der Waals surface area contributed by atoms with Crippen LogP contribution < -0.4 is 10.6 Å². The summed E-state index contributed by atoms with van der Waals surface area (Å²) in [6, 6.07) is 7.21. The van der Waals surface area contributed by atoms with Crippen molar-refractivity contribution in [2.75, 3.05) is 31.6 Å². The molecule has 2 N–H and O–H groups in total. The second-order valence-corrected chi connectivity index (χ2v) is 9.53. The molecule has 1 heterocycles. The summed E-state index contributed by atoms with van der Waals surface area (Å²) in [5.74, 6) is 0. The van der Waals surface area contributed by atoms with Crippen LogP contribution in [0.5, 0.6) is 0 Å². The smallest absolute Gasteiger partial charge is 0.243 e. The van der Waals surface area contributed by atoms with Crippen molar-refractivity contribution >= 4 is 33.0 Å². The van der Waals surface area contributed by atoms with Gasteiger partial charge in [-0.15, -0.1) is 0 Å². The maximum Gasteiger partial charge on any atom is 0.243 e. The normalized spacial score (nSPS) is 20.4. The molecule has 8 heteroatoms. The minimum absolute atomic E-state index is 0.300. The molecule has 1 aliphatic carbocycles. The largest absolute Gasteiger partial charge is 0.379 e. The Labute approximate surface area is 167 Å². The number of thiocarbonyl (C=S) groups is 1. The van der Waals surface area contributed by atoms with Gasteiger partial charge in [0.05, 0.1) is 18.1 Å². The van der Waals surface area contributed by atoms with Crippen molar-refractivity contribution in [1.82, 2.24) is 9.62 Å². The van der Waals surface area contributed by atoms with E-state index in [2.05, 4.69) is 10.6 Å². The number of hydrogen-bond donors (Lipinski definition) is 2. The van der Waals surface area contributed by atoms with Gasteiger partial charge in [0, 0.05) is 24.8 Å². The highest BCUT2D eigenvalue weighted by Gasteiger charge is 2.26. The molecular weight excluding hydrogens is 382 g/mol. The lowest BCUT2D eigenvalue weighted by Gasteiger charge is -2.26. The first-order valence-corrected chi connectivity index (χ1v) is 11.7. The number of anilines is 1. The van der Waals surface area contributed by atoms with Crippen molar-refractivity contribution in [2.45, 2.75) is 55.9 Å². The zero-order valence-electron chi connectivity index (χ0n) is 15.7. The summed E-state index contributed by atoms with van der Waals surface area (Å²) in [4.78, 5) is 0.300. The number of benzene rings is 1. The number of morpholine rings is 1.